The Bertz CT molecular complexity index is 91.7. The van der Waals surface area contributed by atoms with Crippen LogP contribution in [0.3, 0.4) is 0 Å². The van der Waals surface area contributed by atoms with Crippen molar-refractivity contribution in [3.8, 4) is 0 Å². The van der Waals surface area contributed by atoms with Gasteiger partial charge in [0.15, 0.2) is 0 Å². The third kappa shape index (κ3) is 7.01. The zero-order chi connectivity index (χ0) is 7.12. The van der Waals surface area contributed by atoms with E-state index >= 15 is 0 Å². The molecule has 0 aromatic heterocycles. The van der Waals surface area contributed by atoms with E-state index in [1.165, 1.54) is 0 Å². The van der Waals surface area contributed by atoms with Crippen molar-refractivity contribution in [1.82, 2.24) is 0 Å². The zero-order valence-electron chi connectivity index (χ0n) is 7.12. The maximum atomic E-state index is 2.54. The van der Waals surface area contributed by atoms with Gasteiger partial charge < -0.3 is 0 Å². The van der Waals surface area contributed by atoms with Crippen LogP contribution in [0, 0.1) is 0 Å². The molecule has 0 saturated carbocycles. The summed E-state index contributed by atoms with van der Waals surface area (Å²) >= 11 is -2.11. The van der Waals surface area contributed by atoms with Crippen LogP contribution in [0.25, 0.3) is 0 Å². The quantitative estimate of drug-likeness (QED) is 0.624. The number of hydrogen-bond acceptors (Lipinski definition) is 0. The molecule has 0 bridgehead atoms. The van der Waals surface area contributed by atoms with Gasteiger partial charge in [0.2, 0.25) is 0 Å². The van der Waals surface area contributed by atoms with E-state index in [0.29, 0.717) is 0 Å². The maximum absolute atomic E-state index is 2.54. The van der Waals surface area contributed by atoms with Crippen molar-refractivity contribution in [1.29, 1.82) is 0 Å². The van der Waals surface area contributed by atoms with Crippen LogP contribution in [0.1, 0.15) is 0 Å². The summed E-state index contributed by atoms with van der Waals surface area (Å²) in [5, 5.41) is 0. The number of rotatable bonds is 1. The summed E-state index contributed by atoms with van der Waals surface area (Å²) in [6.45, 7) is 2.45. The second-order valence-electron chi connectivity index (χ2n) is 5.81. The Labute approximate surface area is 53.1 Å². The van der Waals surface area contributed by atoms with Crippen LogP contribution < -0.4 is 0 Å². The molecule has 8 heavy (non-hydrogen) atoms. The predicted molar refractivity (Wildman–Crippen MR) is 49.5 cm³/mol. The summed E-state index contributed by atoms with van der Waals surface area (Å²) in [6.07, 6.45) is 0. The molecular weight excluding hydrogens is 228 g/mol. The molecule has 0 atom stereocenters. The van der Waals surface area contributed by atoms with E-state index in [1.807, 2.05) is 0 Å². The van der Waals surface area contributed by atoms with Crippen molar-refractivity contribution in [2.24, 2.45) is 0 Å². The molecule has 0 aliphatic carbocycles. The molecule has 0 nitrogen and oxygen atoms in total. The van der Waals surface area contributed by atoms with Crippen LogP contribution >= 0.6 is 0 Å². The molecule has 0 aliphatic rings. The third-order valence-corrected chi connectivity index (χ3v) is 29.0. The molecule has 0 aliphatic heterocycles. The molecule has 0 unspecified atom stereocenters. The monoisotopic (exact) mass is 250 g/mol. The van der Waals surface area contributed by atoms with E-state index in [9.17, 15) is 0 Å². The second kappa shape index (κ2) is 1.36. The molecular formula is C6H20SiTe. The molecule has 0 aromatic rings. The van der Waals surface area contributed by atoms with E-state index in [2.05, 4.69) is 31.4 Å². The predicted octanol–water partition coefficient (Wildman–Crippen LogP) is 2.21. The van der Waals surface area contributed by atoms with E-state index < -0.39 is 14.6 Å². The fourth-order valence-corrected chi connectivity index (χ4v) is 0. The Balaban J connectivity index is 4.50. The molecule has 0 spiro atoms. The molecule has 0 amide bonds. The minimum atomic E-state index is -2.11. The van der Waals surface area contributed by atoms with Gasteiger partial charge in [0.1, 0.15) is 0 Å². The fourth-order valence-electron chi connectivity index (χ4n) is 0. The SMILES string of the molecule is C[SiH2][Te](C)(C)(C)(C)C. The van der Waals surface area contributed by atoms with E-state index in [4.69, 9.17) is 0 Å². The van der Waals surface area contributed by atoms with Crippen molar-refractivity contribution < 1.29 is 0 Å². The fraction of sp³-hybridized carbons (Fsp3) is 1.00. The molecule has 0 rings (SSSR count). The van der Waals surface area contributed by atoms with Gasteiger partial charge in [0.25, 0.3) is 0 Å². The van der Waals surface area contributed by atoms with Crippen molar-refractivity contribution in [2.75, 3.05) is 0 Å². The topological polar surface area (TPSA) is 0 Å². The second-order valence-corrected chi connectivity index (χ2v) is 62.2. The molecule has 54 valence electrons. The van der Waals surface area contributed by atoms with Crippen LogP contribution in [0.15, 0.2) is 0 Å². The minimum absolute atomic E-state index is 0.249. The van der Waals surface area contributed by atoms with Crippen LogP contribution in [0.2, 0.25) is 31.4 Å². The van der Waals surface area contributed by atoms with Crippen molar-refractivity contribution in [2.45, 2.75) is 31.4 Å². The molecule has 0 heterocycles. The molecule has 0 aromatic carbocycles. The number of hydrogen-bond donors (Lipinski definition) is 0. The first-order valence-corrected chi connectivity index (χ1v) is 21.6. The summed E-state index contributed by atoms with van der Waals surface area (Å²) in [5.41, 5.74) is 0. The van der Waals surface area contributed by atoms with Gasteiger partial charge in [-0.1, -0.05) is 0 Å². The van der Waals surface area contributed by atoms with Crippen molar-refractivity contribution >= 4 is 21.7 Å². The Morgan fingerprint density at radius 2 is 1.00 bits per heavy atom. The molecule has 0 radical (unpaired) electrons. The van der Waals surface area contributed by atoms with E-state index in [-0.39, 0.29) is 7.07 Å². The molecule has 0 N–H and O–H groups in total. The van der Waals surface area contributed by atoms with Gasteiger partial charge in [0, 0.05) is 0 Å². The molecule has 0 saturated heterocycles. The zero-order valence-corrected chi connectivity index (χ0v) is 10.9. The summed E-state index contributed by atoms with van der Waals surface area (Å²) in [4.78, 5) is 12.7. The van der Waals surface area contributed by atoms with E-state index in [0.717, 1.165) is 0 Å². The summed E-state index contributed by atoms with van der Waals surface area (Å²) in [5.74, 6) is 0. The first-order chi connectivity index (χ1) is 3.04. The summed E-state index contributed by atoms with van der Waals surface area (Å²) < 4.78 is 0. The standard InChI is InChI=1S/C6H20SiTe/c1-7-8(2,3,4,5)6/h7H2,1-6H3. The van der Waals surface area contributed by atoms with Crippen LogP contribution in [0.5, 0.6) is 0 Å². The van der Waals surface area contributed by atoms with E-state index in [1.54, 1.807) is 0 Å². The van der Waals surface area contributed by atoms with Crippen molar-refractivity contribution in [3.05, 3.63) is 0 Å². The first-order valence-electron chi connectivity index (χ1n) is 3.04. The Morgan fingerprint density at radius 3 is 1.00 bits per heavy atom. The average molecular weight is 248 g/mol. The van der Waals surface area contributed by atoms with Crippen LogP contribution in [-0.4, -0.2) is 21.7 Å². The molecule has 2 heteroatoms. The first kappa shape index (κ1) is 9.01. The Hall–Kier alpha value is 1.01. The van der Waals surface area contributed by atoms with Crippen LogP contribution in [0.4, 0.5) is 0 Å². The summed E-state index contributed by atoms with van der Waals surface area (Å²) in [6, 6.07) is 0. The van der Waals surface area contributed by atoms with Gasteiger partial charge in [-0.05, 0) is 0 Å². The van der Waals surface area contributed by atoms with Crippen LogP contribution in [-0.2, 0) is 0 Å². The summed E-state index contributed by atoms with van der Waals surface area (Å²) in [7, 11) is 0.249. The van der Waals surface area contributed by atoms with Gasteiger partial charge in [-0.3, -0.25) is 0 Å². The third-order valence-electron chi connectivity index (χ3n) is 1.44. The Kier molecular flexibility index (Phi) is 1.53. The normalized spacial score (nSPS) is 23.2. The van der Waals surface area contributed by atoms with Crippen molar-refractivity contribution in [3.63, 3.8) is 0 Å². The van der Waals surface area contributed by atoms with Gasteiger partial charge >= 0.3 is 53.1 Å². The molecule has 0 fully saturated rings. The van der Waals surface area contributed by atoms with Gasteiger partial charge in [0.05, 0.1) is 0 Å². The Morgan fingerprint density at radius 1 is 0.875 bits per heavy atom. The average Bonchev–Trinajstić information content (AvgIpc) is 1.30. The van der Waals surface area contributed by atoms with Gasteiger partial charge in [-0.15, -0.1) is 0 Å². The van der Waals surface area contributed by atoms with Gasteiger partial charge in [-0.25, -0.2) is 0 Å². The van der Waals surface area contributed by atoms with Gasteiger partial charge in [-0.2, -0.15) is 0 Å².